The molecule has 0 spiro atoms. The first kappa shape index (κ1) is 15.3. The highest BCUT2D eigenvalue weighted by Crippen LogP contribution is 2.12. The van der Waals surface area contributed by atoms with E-state index in [-0.39, 0.29) is 11.9 Å². The zero-order valence-electron chi connectivity index (χ0n) is 12.5. The summed E-state index contributed by atoms with van der Waals surface area (Å²) in [7, 11) is 0. The second kappa shape index (κ2) is 7.60. The molecule has 2 rings (SSSR count). The average molecular weight is 283 g/mol. The summed E-state index contributed by atoms with van der Waals surface area (Å²) < 4.78 is 5.61. The molecule has 0 aliphatic rings. The van der Waals surface area contributed by atoms with Crippen LogP contribution < -0.4 is 5.32 Å². The van der Waals surface area contributed by atoms with Crippen molar-refractivity contribution >= 4 is 5.91 Å². The van der Waals surface area contributed by atoms with Gasteiger partial charge in [-0.25, -0.2) is 0 Å². The van der Waals surface area contributed by atoms with Gasteiger partial charge >= 0.3 is 0 Å². The van der Waals surface area contributed by atoms with Crippen LogP contribution in [0.1, 0.15) is 31.0 Å². The number of carbonyl (C=O) groups is 1. The van der Waals surface area contributed by atoms with Gasteiger partial charge in [-0.1, -0.05) is 60.7 Å². The lowest BCUT2D eigenvalue weighted by Gasteiger charge is -2.18. The Morgan fingerprint density at radius 3 is 2.19 bits per heavy atom. The lowest BCUT2D eigenvalue weighted by atomic mass is 10.1. The normalized spacial score (nSPS) is 13.4. The third-order valence-corrected chi connectivity index (χ3v) is 3.37. The minimum atomic E-state index is -0.476. The van der Waals surface area contributed by atoms with Crippen LogP contribution in [-0.4, -0.2) is 12.0 Å². The predicted octanol–water partition coefficient (Wildman–Crippen LogP) is 3.47. The van der Waals surface area contributed by atoms with E-state index in [1.54, 1.807) is 6.92 Å². The second-order valence-corrected chi connectivity index (χ2v) is 5.08. The molecule has 0 bridgehead atoms. The number of hydrogen-bond acceptors (Lipinski definition) is 2. The van der Waals surface area contributed by atoms with Gasteiger partial charge in [0.2, 0.25) is 5.91 Å². The van der Waals surface area contributed by atoms with Crippen LogP contribution in [0.2, 0.25) is 0 Å². The van der Waals surface area contributed by atoms with Crippen molar-refractivity contribution in [3.63, 3.8) is 0 Å². The molecule has 2 atom stereocenters. The quantitative estimate of drug-likeness (QED) is 0.881. The van der Waals surface area contributed by atoms with Gasteiger partial charge in [0.25, 0.3) is 0 Å². The zero-order chi connectivity index (χ0) is 15.1. The highest BCUT2D eigenvalue weighted by molar-refractivity contribution is 5.80. The van der Waals surface area contributed by atoms with Crippen LogP contribution in [0.5, 0.6) is 0 Å². The van der Waals surface area contributed by atoms with E-state index in [1.165, 1.54) is 0 Å². The topological polar surface area (TPSA) is 38.3 Å². The number of amides is 1. The van der Waals surface area contributed by atoms with Gasteiger partial charge in [-0.3, -0.25) is 4.79 Å². The fraction of sp³-hybridized carbons (Fsp3) is 0.278. The highest BCUT2D eigenvalue weighted by atomic mass is 16.5. The average Bonchev–Trinajstić information content (AvgIpc) is 2.54. The molecule has 21 heavy (non-hydrogen) atoms. The Hall–Kier alpha value is -2.13. The van der Waals surface area contributed by atoms with Crippen molar-refractivity contribution in [1.82, 2.24) is 5.32 Å². The van der Waals surface area contributed by atoms with Crippen LogP contribution in [0.15, 0.2) is 60.7 Å². The van der Waals surface area contributed by atoms with Gasteiger partial charge in [0.15, 0.2) is 0 Å². The maximum absolute atomic E-state index is 12.1. The molecule has 3 nitrogen and oxygen atoms in total. The van der Waals surface area contributed by atoms with E-state index in [0.717, 1.165) is 11.1 Å². The molecular weight excluding hydrogens is 262 g/mol. The van der Waals surface area contributed by atoms with Gasteiger partial charge in [0, 0.05) is 0 Å². The van der Waals surface area contributed by atoms with Crippen molar-refractivity contribution in [2.75, 3.05) is 0 Å². The number of benzene rings is 2. The molecule has 2 aromatic carbocycles. The summed E-state index contributed by atoms with van der Waals surface area (Å²) in [5, 5.41) is 2.97. The first-order chi connectivity index (χ1) is 10.2. The molecule has 0 radical (unpaired) electrons. The van der Waals surface area contributed by atoms with Gasteiger partial charge in [-0.2, -0.15) is 0 Å². The van der Waals surface area contributed by atoms with E-state index in [4.69, 9.17) is 4.74 Å². The summed E-state index contributed by atoms with van der Waals surface area (Å²) >= 11 is 0. The molecule has 0 saturated carbocycles. The first-order valence-electron chi connectivity index (χ1n) is 7.17. The Morgan fingerprint density at radius 1 is 1.00 bits per heavy atom. The summed E-state index contributed by atoms with van der Waals surface area (Å²) in [4.78, 5) is 12.1. The van der Waals surface area contributed by atoms with Crippen LogP contribution in [0.25, 0.3) is 0 Å². The van der Waals surface area contributed by atoms with Crippen LogP contribution >= 0.6 is 0 Å². The highest BCUT2D eigenvalue weighted by Gasteiger charge is 2.16. The van der Waals surface area contributed by atoms with Crippen LogP contribution in [0.3, 0.4) is 0 Å². The van der Waals surface area contributed by atoms with Crippen molar-refractivity contribution in [2.24, 2.45) is 0 Å². The number of carbonyl (C=O) groups excluding carboxylic acids is 1. The molecule has 0 aliphatic heterocycles. The number of ether oxygens (including phenoxy) is 1. The molecule has 0 heterocycles. The monoisotopic (exact) mass is 283 g/mol. The minimum Gasteiger partial charge on any atom is -0.364 e. The minimum absolute atomic E-state index is 0.0264. The lowest BCUT2D eigenvalue weighted by molar-refractivity contribution is -0.133. The molecular formula is C18H21NO2. The summed E-state index contributed by atoms with van der Waals surface area (Å²) in [6.07, 6.45) is -0.476. The Morgan fingerprint density at radius 2 is 1.57 bits per heavy atom. The molecule has 1 N–H and O–H groups in total. The fourth-order valence-electron chi connectivity index (χ4n) is 2.03. The van der Waals surface area contributed by atoms with Gasteiger partial charge in [-0.05, 0) is 25.0 Å². The van der Waals surface area contributed by atoms with Crippen LogP contribution in [-0.2, 0) is 16.1 Å². The Bertz CT molecular complexity index is 554. The maximum atomic E-state index is 12.1. The third-order valence-electron chi connectivity index (χ3n) is 3.37. The van der Waals surface area contributed by atoms with E-state index in [0.29, 0.717) is 6.61 Å². The summed E-state index contributed by atoms with van der Waals surface area (Å²) in [5.41, 5.74) is 2.15. The van der Waals surface area contributed by atoms with Gasteiger partial charge in [0.05, 0.1) is 12.6 Å². The Balaban J connectivity index is 1.82. The molecule has 110 valence electrons. The van der Waals surface area contributed by atoms with E-state index >= 15 is 0 Å². The largest absolute Gasteiger partial charge is 0.364 e. The molecule has 0 aliphatic carbocycles. The number of nitrogens with one attached hydrogen (secondary N) is 1. The van der Waals surface area contributed by atoms with Gasteiger partial charge in [-0.15, -0.1) is 0 Å². The van der Waals surface area contributed by atoms with Crippen molar-refractivity contribution in [3.8, 4) is 0 Å². The van der Waals surface area contributed by atoms with Crippen molar-refractivity contribution in [2.45, 2.75) is 32.6 Å². The SMILES string of the molecule is C[C@H](OCc1ccccc1)C(=O)N[C@H](C)c1ccccc1. The van der Waals surface area contributed by atoms with E-state index in [1.807, 2.05) is 67.6 Å². The molecule has 0 aromatic heterocycles. The van der Waals surface area contributed by atoms with Crippen molar-refractivity contribution in [3.05, 3.63) is 71.8 Å². The molecule has 0 saturated heterocycles. The van der Waals surface area contributed by atoms with Crippen molar-refractivity contribution < 1.29 is 9.53 Å². The maximum Gasteiger partial charge on any atom is 0.249 e. The number of rotatable bonds is 6. The first-order valence-corrected chi connectivity index (χ1v) is 7.17. The second-order valence-electron chi connectivity index (χ2n) is 5.08. The summed E-state index contributed by atoms with van der Waals surface area (Å²) in [5.74, 6) is -0.0951. The molecule has 1 amide bonds. The lowest BCUT2D eigenvalue weighted by Crippen LogP contribution is -2.36. The number of hydrogen-bond donors (Lipinski definition) is 1. The molecule has 2 aromatic rings. The standard InChI is InChI=1S/C18H21NO2/c1-14(17-11-7-4-8-12-17)19-18(20)15(2)21-13-16-9-5-3-6-10-16/h3-12,14-15H,13H2,1-2H3,(H,19,20)/t14-,15+/m1/s1. The van der Waals surface area contributed by atoms with E-state index < -0.39 is 6.10 Å². The van der Waals surface area contributed by atoms with Crippen molar-refractivity contribution in [1.29, 1.82) is 0 Å². The van der Waals surface area contributed by atoms with Gasteiger partial charge < -0.3 is 10.1 Å². The van der Waals surface area contributed by atoms with Gasteiger partial charge in [0.1, 0.15) is 6.10 Å². The summed E-state index contributed by atoms with van der Waals surface area (Å²) in [6, 6.07) is 19.7. The molecule has 0 fully saturated rings. The molecule has 3 heteroatoms. The predicted molar refractivity (Wildman–Crippen MR) is 83.7 cm³/mol. The van der Waals surface area contributed by atoms with Crippen LogP contribution in [0, 0.1) is 0 Å². The fourth-order valence-corrected chi connectivity index (χ4v) is 2.03. The third kappa shape index (κ3) is 4.72. The Labute approximate surface area is 126 Å². The zero-order valence-corrected chi connectivity index (χ0v) is 12.5. The summed E-state index contributed by atoms with van der Waals surface area (Å²) in [6.45, 7) is 4.18. The van der Waals surface area contributed by atoms with E-state index in [2.05, 4.69) is 5.32 Å². The Kier molecular flexibility index (Phi) is 5.52. The molecule has 0 unspecified atom stereocenters. The smallest absolute Gasteiger partial charge is 0.249 e. The van der Waals surface area contributed by atoms with E-state index in [9.17, 15) is 4.79 Å². The van der Waals surface area contributed by atoms with Crippen LogP contribution in [0.4, 0.5) is 0 Å².